The van der Waals surface area contributed by atoms with Crippen molar-refractivity contribution in [2.45, 2.75) is 20.3 Å². The third-order valence-electron chi connectivity index (χ3n) is 2.17. The van der Waals surface area contributed by atoms with Crippen LogP contribution in [0.2, 0.25) is 0 Å². The maximum atomic E-state index is 11.3. The summed E-state index contributed by atoms with van der Waals surface area (Å²) in [7, 11) is 0. The summed E-state index contributed by atoms with van der Waals surface area (Å²) in [5, 5.41) is 5.08. The molecule has 0 aliphatic rings. The molecule has 0 atom stereocenters. The van der Waals surface area contributed by atoms with Gasteiger partial charge in [0.15, 0.2) is 0 Å². The Morgan fingerprint density at radius 1 is 1.11 bits per heavy atom. The van der Waals surface area contributed by atoms with Crippen LogP contribution in [0.4, 0.5) is 5.69 Å². The van der Waals surface area contributed by atoms with Gasteiger partial charge in [-0.1, -0.05) is 6.92 Å². The van der Waals surface area contributed by atoms with Crippen LogP contribution in [0.25, 0.3) is 0 Å². The molecule has 0 fully saturated rings. The standard InChI is InChI=1S/C13H16N2O4/c1-3-12(17)15-13(18)8-14-10-4-6-11(7-5-10)19-9(2)16/h4-7,14H,3,8H2,1-2H3,(H,15,17,18). The number of hydrogen-bond donors (Lipinski definition) is 2. The summed E-state index contributed by atoms with van der Waals surface area (Å²) in [5.74, 6) is -0.658. The van der Waals surface area contributed by atoms with Crippen molar-refractivity contribution < 1.29 is 19.1 Å². The van der Waals surface area contributed by atoms with Crippen molar-refractivity contribution in [1.82, 2.24) is 5.32 Å². The molecule has 2 N–H and O–H groups in total. The molecule has 102 valence electrons. The number of esters is 1. The minimum absolute atomic E-state index is 0.00134. The third kappa shape index (κ3) is 5.67. The van der Waals surface area contributed by atoms with Crippen molar-refractivity contribution in [1.29, 1.82) is 0 Å². The number of benzene rings is 1. The van der Waals surface area contributed by atoms with Gasteiger partial charge >= 0.3 is 5.97 Å². The van der Waals surface area contributed by atoms with Crippen molar-refractivity contribution in [3.05, 3.63) is 24.3 Å². The summed E-state index contributed by atoms with van der Waals surface area (Å²) in [5.41, 5.74) is 0.690. The largest absolute Gasteiger partial charge is 0.427 e. The van der Waals surface area contributed by atoms with E-state index in [9.17, 15) is 14.4 Å². The zero-order valence-corrected chi connectivity index (χ0v) is 10.9. The molecule has 0 aromatic heterocycles. The fraction of sp³-hybridized carbons (Fsp3) is 0.308. The lowest BCUT2D eigenvalue weighted by Crippen LogP contribution is -2.34. The predicted molar refractivity (Wildman–Crippen MR) is 69.7 cm³/mol. The van der Waals surface area contributed by atoms with Crippen molar-refractivity contribution >= 4 is 23.5 Å². The highest BCUT2D eigenvalue weighted by Crippen LogP contribution is 2.15. The fourth-order valence-corrected chi connectivity index (χ4v) is 1.28. The van der Waals surface area contributed by atoms with E-state index in [4.69, 9.17) is 4.74 Å². The minimum Gasteiger partial charge on any atom is -0.427 e. The summed E-state index contributed by atoms with van der Waals surface area (Å²) < 4.78 is 4.87. The van der Waals surface area contributed by atoms with Crippen LogP contribution in [-0.2, 0) is 14.4 Å². The van der Waals surface area contributed by atoms with E-state index in [1.165, 1.54) is 6.92 Å². The molecule has 0 aliphatic heterocycles. The van der Waals surface area contributed by atoms with Crippen LogP contribution in [0.1, 0.15) is 20.3 Å². The Morgan fingerprint density at radius 2 is 1.74 bits per heavy atom. The Hall–Kier alpha value is -2.37. The average Bonchev–Trinajstić information content (AvgIpc) is 2.37. The summed E-state index contributed by atoms with van der Waals surface area (Å²) in [6, 6.07) is 6.57. The van der Waals surface area contributed by atoms with E-state index < -0.39 is 11.9 Å². The maximum Gasteiger partial charge on any atom is 0.308 e. The molecule has 19 heavy (non-hydrogen) atoms. The molecule has 0 unspecified atom stereocenters. The van der Waals surface area contributed by atoms with Gasteiger partial charge in [0.25, 0.3) is 0 Å². The second-order valence-electron chi connectivity index (χ2n) is 3.80. The minimum atomic E-state index is -0.393. The number of rotatable bonds is 5. The first-order valence-electron chi connectivity index (χ1n) is 5.86. The Kier molecular flexibility index (Phi) is 5.53. The van der Waals surface area contributed by atoms with Crippen LogP contribution in [-0.4, -0.2) is 24.3 Å². The Bertz CT molecular complexity index is 468. The van der Waals surface area contributed by atoms with Gasteiger partial charge < -0.3 is 10.1 Å². The molecule has 0 radical (unpaired) electrons. The van der Waals surface area contributed by atoms with Gasteiger partial charge in [-0.05, 0) is 24.3 Å². The van der Waals surface area contributed by atoms with Gasteiger partial charge in [-0.3, -0.25) is 19.7 Å². The predicted octanol–water partition coefficient (Wildman–Crippen LogP) is 1.08. The third-order valence-corrected chi connectivity index (χ3v) is 2.17. The van der Waals surface area contributed by atoms with Gasteiger partial charge in [0.1, 0.15) is 5.75 Å². The first-order chi connectivity index (χ1) is 9.01. The lowest BCUT2D eigenvalue weighted by atomic mass is 10.3. The first-order valence-corrected chi connectivity index (χ1v) is 5.86. The monoisotopic (exact) mass is 264 g/mol. The zero-order valence-electron chi connectivity index (χ0n) is 10.9. The smallest absolute Gasteiger partial charge is 0.308 e. The molecular formula is C13H16N2O4. The van der Waals surface area contributed by atoms with Crippen LogP contribution < -0.4 is 15.4 Å². The van der Waals surface area contributed by atoms with Crippen molar-refractivity contribution in [2.24, 2.45) is 0 Å². The number of ether oxygens (including phenoxy) is 1. The molecule has 6 heteroatoms. The van der Waals surface area contributed by atoms with E-state index in [0.29, 0.717) is 11.4 Å². The van der Waals surface area contributed by atoms with Crippen LogP contribution in [0.15, 0.2) is 24.3 Å². The molecule has 1 aromatic rings. The highest BCUT2D eigenvalue weighted by atomic mass is 16.5. The molecule has 0 aliphatic carbocycles. The maximum absolute atomic E-state index is 11.3. The molecule has 0 bridgehead atoms. The van der Waals surface area contributed by atoms with Crippen LogP contribution in [0.5, 0.6) is 5.75 Å². The van der Waals surface area contributed by atoms with Crippen molar-refractivity contribution in [2.75, 3.05) is 11.9 Å². The van der Waals surface area contributed by atoms with Crippen molar-refractivity contribution in [3.63, 3.8) is 0 Å². The Balaban J connectivity index is 2.43. The van der Waals surface area contributed by atoms with Gasteiger partial charge in [-0.2, -0.15) is 0 Å². The summed E-state index contributed by atoms with van der Waals surface area (Å²) in [4.78, 5) is 33.0. The van der Waals surface area contributed by atoms with Gasteiger partial charge in [-0.25, -0.2) is 0 Å². The molecule has 1 aromatic carbocycles. The normalized spacial score (nSPS) is 9.58. The lowest BCUT2D eigenvalue weighted by molar-refractivity contribution is -0.132. The SMILES string of the molecule is CCC(=O)NC(=O)CNc1ccc(OC(C)=O)cc1. The van der Waals surface area contributed by atoms with Gasteiger partial charge in [-0.15, -0.1) is 0 Å². The molecule has 2 amide bonds. The van der Waals surface area contributed by atoms with Gasteiger partial charge in [0.05, 0.1) is 6.54 Å². The molecule has 0 spiro atoms. The molecule has 0 saturated heterocycles. The topological polar surface area (TPSA) is 84.5 Å². The van der Waals surface area contributed by atoms with Gasteiger partial charge in [0.2, 0.25) is 11.8 Å². The second-order valence-corrected chi connectivity index (χ2v) is 3.80. The number of nitrogens with one attached hydrogen (secondary N) is 2. The number of hydrogen-bond acceptors (Lipinski definition) is 5. The van der Waals surface area contributed by atoms with Crippen LogP contribution in [0.3, 0.4) is 0 Å². The second kappa shape index (κ2) is 7.15. The van der Waals surface area contributed by atoms with E-state index in [-0.39, 0.29) is 18.9 Å². The molecule has 0 saturated carbocycles. The summed E-state index contributed by atoms with van der Waals surface area (Å²) in [6.07, 6.45) is 0.267. The fourth-order valence-electron chi connectivity index (χ4n) is 1.28. The van der Waals surface area contributed by atoms with E-state index >= 15 is 0 Å². The van der Waals surface area contributed by atoms with Crippen LogP contribution in [0, 0.1) is 0 Å². The molecular weight excluding hydrogens is 248 g/mol. The molecule has 6 nitrogen and oxygen atoms in total. The highest BCUT2D eigenvalue weighted by Gasteiger charge is 2.05. The number of imide groups is 1. The summed E-state index contributed by atoms with van der Waals surface area (Å²) in [6.45, 7) is 2.99. The lowest BCUT2D eigenvalue weighted by Gasteiger charge is -2.07. The number of carbonyl (C=O) groups is 3. The zero-order chi connectivity index (χ0) is 14.3. The van der Waals surface area contributed by atoms with Crippen molar-refractivity contribution in [3.8, 4) is 5.75 Å². The number of amides is 2. The van der Waals surface area contributed by atoms with E-state index in [1.54, 1.807) is 31.2 Å². The molecule has 1 rings (SSSR count). The number of anilines is 1. The van der Waals surface area contributed by atoms with E-state index in [2.05, 4.69) is 10.6 Å². The Labute approximate surface area is 111 Å². The average molecular weight is 264 g/mol. The summed E-state index contributed by atoms with van der Waals surface area (Å²) >= 11 is 0. The Morgan fingerprint density at radius 3 is 2.26 bits per heavy atom. The van der Waals surface area contributed by atoms with E-state index in [0.717, 1.165) is 0 Å². The van der Waals surface area contributed by atoms with Gasteiger partial charge in [0, 0.05) is 19.0 Å². The quantitative estimate of drug-likeness (QED) is 0.614. The number of carbonyl (C=O) groups excluding carboxylic acids is 3. The highest BCUT2D eigenvalue weighted by molar-refractivity contribution is 5.96. The van der Waals surface area contributed by atoms with Crippen LogP contribution >= 0.6 is 0 Å². The van der Waals surface area contributed by atoms with E-state index in [1.807, 2.05) is 0 Å². The molecule has 0 heterocycles. The first kappa shape index (κ1) is 14.7.